The summed E-state index contributed by atoms with van der Waals surface area (Å²) in [5, 5.41) is 20.9. The fourth-order valence-corrected chi connectivity index (χ4v) is 2.12. The molecule has 6 nitrogen and oxygen atoms in total. The molecule has 1 saturated heterocycles. The molecule has 108 valence electrons. The Morgan fingerprint density at radius 2 is 2.05 bits per heavy atom. The molecule has 2 rings (SSSR count). The molecule has 0 aromatic heterocycles. The quantitative estimate of drug-likeness (QED) is 0.736. The van der Waals surface area contributed by atoms with Gasteiger partial charge in [0.2, 0.25) is 5.91 Å². The third-order valence-electron chi connectivity index (χ3n) is 3.21. The highest BCUT2D eigenvalue weighted by molar-refractivity contribution is 5.86. The molecule has 0 spiro atoms. The van der Waals surface area contributed by atoms with Crippen LogP contribution in [0.3, 0.4) is 0 Å². The van der Waals surface area contributed by atoms with Gasteiger partial charge in [0.15, 0.2) is 0 Å². The molecule has 1 aromatic carbocycles. The molecule has 6 heteroatoms. The SMILES string of the molecule is O=C(O)C(Cc1ccc(O)cc1)NC(=O)[C@@H]1CCCO1. The number of amides is 1. The number of aliphatic carboxylic acids is 1. The molecule has 1 aliphatic rings. The molecule has 20 heavy (non-hydrogen) atoms. The molecular formula is C14H17NO5. The predicted octanol–water partition coefficient (Wildman–Crippen LogP) is 0.683. The molecule has 1 amide bonds. The zero-order valence-corrected chi connectivity index (χ0v) is 10.9. The van der Waals surface area contributed by atoms with Gasteiger partial charge in [-0.1, -0.05) is 12.1 Å². The maximum atomic E-state index is 11.9. The first-order valence-corrected chi connectivity index (χ1v) is 6.49. The Bertz CT molecular complexity index is 479. The largest absolute Gasteiger partial charge is 0.508 e. The lowest BCUT2D eigenvalue weighted by atomic mass is 10.1. The van der Waals surface area contributed by atoms with Crippen LogP contribution in [0.2, 0.25) is 0 Å². The van der Waals surface area contributed by atoms with Crippen LogP contribution in [0.1, 0.15) is 18.4 Å². The zero-order chi connectivity index (χ0) is 14.5. The van der Waals surface area contributed by atoms with Crippen LogP contribution in [0.15, 0.2) is 24.3 Å². The van der Waals surface area contributed by atoms with Crippen LogP contribution < -0.4 is 5.32 Å². The van der Waals surface area contributed by atoms with E-state index in [-0.39, 0.29) is 18.1 Å². The van der Waals surface area contributed by atoms with Gasteiger partial charge in [0.1, 0.15) is 17.9 Å². The van der Waals surface area contributed by atoms with Crippen molar-refractivity contribution in [3.63, 3.8) is 0 Å². The minimum Gasteiger partial charge on any atom is -0.508 e. The van der Waals surface area contributed by atoms with E-state index in [1.807, 2.05) is 0 Å². The Morgan fingerprint density at radius 1 is 1.35 bits per heavy atom. The molecule has 1 aliphatic heterocycles. The Labute approximate surface area is 116 Å². The van der Waals surface area contributed by atoms with Crippen molar-refractivity contribution in [3.05, 3.63) is 29.8 Å². The summed E-state index contributed by atoms with van der Waals surface area (Å²) in [7, 11) is 0. The van der Waals surface area contributed by atoms with E-state index in [1.165, 1.54) is 12.1 Å². The molecule has 1 unspecified atom stereocenters. The highest BCUT2D eigenvalue weighted by Gasteiger charge is 2.28. The van der Waals surface area contributed by atoms with Crippen LogP contribution in [0.4, 0.5) is 0 Å². The van der Waals surface area contributed by atoms with Gasteiger partial charge in [-0.2, -0.15) is 0 Å². The maximum absolute atomic E-state index is 11.9. The maximum Gasteiger partial charge on any atom is 0.326 e. The van der Waals surface area contributed by atoms with E-state index < -0.39 is 18.1 Å². The van der Waals surface area contributed by atoms with Gasteiger partial charge >= 0.3 is 5.97 Å². The second-order valence-electron chi connectivity index (χ2n) is 4.77. The highest BCUT2D eigenvalue weighted by atomic mass is 16.5. The number of carboxylic acids is 1. The van der Waals surface area contributed by atoms with Crippen molar-refractivity contribution in [2.75, 3.05) is 6.61 Å². The predicted molar refractivity (Wildman–Crippen MR) is 70.4 cm³/mol. The lowest BCUT2D eigenvalue weighted by Crippen LogP contribution is -2.46. The number of aromatic hydroxyl groups is 1. The van der Waals surface area contributed by atoms with Crippen LogP contribution in [0.25, 0.3) is 0 Å². The van der Waals surface area contributed by atoms with Crippen molar-refractivity contribution < 1.29 is 24.5 Å². The molecule has 3 N–H and O–H groups in total. The fraction of sp³-hybridized carbons (Fsp3) is 0.429. The number of hydrogen-bond acceptors (Lipinski definition) is 4. The van der Waals surface area contributed by atoms with Crippen LogP contribution in [-0.4, -0.2) is 40.8 Å². The molecule has 0 radical (unpaired) electrons. The molecule has 0 bridgehead atoms. The van der Waals surface area contributed by atoms with Crippen LogP contribution >= 0.6 is 0 Å². The van der Waals surface area contributed by atoms with Gasteiger partial charge < -0.3 is 20.3 Å². The molecule has 1 aromatic rings. The van der Waals surface area contributed by atoms with Crippen molar-refractivity contribution in [1.29, 1.82) is 0 Å². The number of phenols is 1. The molecule has 1 fully saturated rings. The summed E-state index contributed by atoms with van der Waals surface area (Å²) in [4.78, 5) is 23.1. The summed E-state index contributed by atoms with van der Waals surface area (Å²) in [6.45, 7) is 0.536. The standard InChI is InChI=1S/C14H17NO5/c16-10-5-3-9(4-6-10)8-11(14(18)19)15-13(17)12-2-1-7-20-12/h3-6,11-12,16H,1-2,7-8H2,(H,15,17)(H,18,19)/t11?,12-/m0/s1. The lowest BCUT2D eigenvalue weighted by molar-refractivity contribution is -0.143. The summed E-state index contributed by atoms with van der Waals surface area (Å²) < 4.78 is 5.22. The molecule has 0 aliphatic carbocycles. The Hall–Kier alpha value is -2.08. The molecule has 1 heterocycles. The van der Waals surface area contributed by atoms with Crippen molar-refractivity contribution in [3.8, 4) is 5.75 Å². The number of carboxylic acid groups (broad SMARTS) is 1. The topological polar surface area (TPSA) is 95.9 Å². The second-order valence-corrected chi connectivity index (χ2v) is 4.77. The number of ether oxygens (including phenoxy) is 1. The van der Waals surface area contributed by atoms with Crippen LogP contribution in [0.5, 0.6) is 5.75 Å². The van der Waals surface area contributed by atoms with E-state index in [9.17, 15) is 19.8 Å². The normalized spacial score (nSPS) is 19.5. The number of carbonyl (C=O) groups excluding carboxylic acids is 1. The lowest BCUT2D eigenvalue weighted by Gasteiger charge is -2.17. The first-order chi connectivity index (χ1) is 9.56. The van der Waals surface area contributed by atoms with E-state index >= 15 is 0 Å². The average Bonchev–Trinajstić information content (AvgIpc) is 2.94. The van der Waals surface area contributed by atoms with Gasteiger partial charge in [0, 0.05) is 13.0 Å². The fourth-order valence-electron chi connectivity index (χ4n) is 2.12. The summed E-state index contributed by atoms with van der Waals surface area (Å²) in [6, 6.07) is 5.22. The third kappa shape index (κ3) is 3.71. The van der Waals surface area contributed by atoms with Crippen molar-refractivity contribution in [1.82, 2.24) is 5.32 Å². The number of rotatable bonds is 5. The number of phenolic OH excluding ortho intramolecular Hbond substituents is 1. The number of nitrogens with one attached hydrogen (secondary N) is 1. The summed E-state index contributed by atoms with van der Waals surface area (Å²) >= 11 is 0. The number of hydrogen-bond donors (Lipinski definition) is 3. The Morgan fingerprint density at radius 3 is 2.60 bits per heavy atom. The van der Waals surface area contributed by atoms with Crippen LogP contribution in [0, 0.1) is 0 Å². The first kappa shape index (κ1) is 14.3. The van der Waals surface area contributed by atoms with Gasteiger partial charge in [0.05, 0.1) is 0 Å². The second kappa shape index (κ2) is 6.38. The van der Waals surface area contributed by atoms with E-state index in [0.717, 1.165) is 12.0 Å². The van der Waals surface area contributed by atoms with E-state index in [0.29, 0.717) is 13.0 Å². The first-order valence-electron chi connectivity index (χ1n) is 6.49. The van der Waals surface area contributed by atoms with Gasteiger partial charge in [-0.3, -0.25) is 4.79 Å². The highest BCUT2D eigenvalue weighted by Crippen LogP contribution is 2.14. The molecule has 0 saturated carbocycles. The Balaban J connectivity index is 1.98. The smallest absolute Gasteiger partial charge is 0.326 e. The van der Waals surface area contributed by atoms with E-state index in [1.54, 1.807) is 12.1 Å². The summed E-state index contributed by atoms with van der Waals surface area (Å²) in [5.74, 6) is -1.36. The number of benzene rings is 1. The van der Waals surface area contributed by atoms with Gasteiger partial charge in [-0.05, 0) is 30.5 Å². The van der Waals surface area contributed by atoms with E-state index in [4.69, 9.17) is 4.74 Å². The zero-order valence-electron chi connectivity index (χ0n) is 10.9. The van der Waals surface area contributed by atoms with Gasteiger partial charge in [-0.25, -0.2) is 4.79 Å². The van der Waals surface area contributed by atoms with Crippen molar-refractivity contribution >= 4 is 11.9 Å². The van der Waals surface area contributed by atoms with Crippen molar-refractivity contribution in [2.24, 2.45) is 0 Å². The number of carbonyl (C=O) groups is 2. The average molecular weight is 279 g/mol. The molecule has 2 atom stereocenters. The van der Waals surface area contributed by atoms with Gasteiger partial charge in [0.25, 0.3) is 0 Å². The van der Waals surface area contributed by atoms with Crippen molar-refractivity contribution in [2.45, 2.75) is 31.4 Å². The third-order valence-corrected chi connectivity index (χ3v) is 3.21. The minimum atomic E-state index is -1.09. The van der Waals surface area contributed by atoms with Gasteiger partial charge in [-0.15, -0.1) is 0 Å². The summed E-state index contributed by atoms with van der Waals surface area (Å²) in [5.41, 5.74) is 0.725. The Kier molecular flexibility index (Phi) is 4.57. The van der Waals surface area contributed by atoms with E-state index in [2.05, 4.69) is 5.32 Å². The van der Waals surface area contributed by atoms with Crippen LogP contribution in [-0.2, 0) is 20.7 Å². The summed E-state index contributed by atoms with van der Waals surface area (Å²) in [6.07, 6.45) is 1.05. The monoisotopic (exact) mass is 279 g/mol. The minimum absolute atomic E-state index is 0.115. The molecular weight excluding hydrogens is 262 g/mol.